The third-order valence-corrected chi connectivity index (χ3v) is 4.24. The lowest BCUT2D eigenvalue weighted by molar-refractivity contribution is 0.475. The molecule has 0 bridgehead atoms. The van der Waals surface area contributed by atoms with Gasteiger partial charge in [-0.3, -0.25) is 0 Å². The van der Waals surface area contributed by atoms with Gasteiger partial charge >= 0.3 is 0 Å². The number of phenolic OH excluding ortho intramolecular Hbond substituents is 1. The van der Waals surface area contributed by atoms with E-state index >= 15 is 0 Å². The number of aromatic hydroxyl groups is 1. The minimum Gasteiger partial charge on any atom is -0.508 e. The molecule has 1 aliphatic heterocycles. The van der Waals surface area contributed by atoms with Gasteiger partial charge in [0.05, 0.1) is 11.5 Å². The van der Waals surface area contributed by atoms with Crippen LogP contribution in [0.2, 0.25) is 0 Å². The first kappa shape index (κ1) is 10.3. The molecule has 2 N–H and O–H groups in total. The molecule has 1 saturated heterocycles. The first-order chi connectivity index (χ1) is 7.05. The zero-order chi connectivity index (χ0) is 10.9. The molecule has 4 nitrogen and oxygen atoms in total. The van der Waals surface area contributed by atoms with Crippen LogP contribution in [-0.4, -0.2) is 31.1 Å². The molecule has 0 amide bonds. The number of sulfone groups is 1. The predicted octanol–water partition coefficient (Wildman–Crippen LogP) is 0.991. The van der Waals surface area contributed by atoms with Crippen molar-refractivity contribution in [3.05, 3.63) is 24.3 Å². The Morgan fingerprint density at radius 3 is 2.47 bits per heavy atom. The largest absolute Gasteiger partial charge is 0.508 e. The number of hydrogen-bond donors (Lipinski definition) is 2. The summed E-state index contributed by atoms with van der Waals surface area (Å²) in [5.74, 6) is 0.677. The molecule has 0 spiro atoms. The van der Waals surface area contributed by atoms with Crippen molar-refractivity contribution in [3.63, 3.8) is 0 Å². The molecule has 0 aromatic heterocycles. The Morgan fingerprint density at radius 1 is 1.27 bits per heavy atom. The van der Waals surface area contributed by atoms with Gasteiger partial charge in [-0.1, -0.05) is 0 Å². The van der Waals surface area contributed by atoms with Gasteiger partial charge in [0.2, 0.25) is 0 Å². The molecule has 1 aromatic rings. The normalized spacial score (nSPS) is 23.9. The average molecular weight is 227 g/mol. The van der Waals surface area contributed by atoms with Crippen molar-refractivity contribution < 1.29 is 13.5 Å². The molecule has 1 atom stereocenters. The van der Waals surface area contributed by atoms with Gasteiger partial charge in [0.1, 0.15) is 5.75 Å². The molecule has 82 valence electrons. The maximum absolute atomic E-state index is 11.2. The van der Waals surface area contributed by atoms with Crippen LogP contribution in [0.25, 0.3) is 0 Å². The molecular weight excluding hydrogens is 214 g/mol. The molecule has 0 saturated carbocycles. The van der Waals surface area contributed by atoms with Crippen LogP contribution in [0.3, 0.4) is 0 Å². The van der Waals surface area contributed by atoms with Crippen LogP contribution >= 0.6 is 0 Å². The van der Waals surface area contributed by atoms with Gasteiger partial charge in [-0.2, -0.15) is 0 Å². The fourth-order valence-corrected chi connectivity index (χ4v) is 3.38. The van der Waals surface area contributed by atoms with Crippen LogP contribution in [-0.2, 0) is 9.84 Å². The molecule has 5 heteroatoms. The molecule has 1 unspecified atom stereocenters. The molecule has 1 aromatic carbocycles. The van der Waals surface area contributed by atoms with Crippen molar-refractivity contribution in [2.45, 2.75) is 12.5 Å². The molecule has 0 aliphatic carbocycles. The third-order valence-electron chi connectivity index (χ3n) is 2.47. The molecule has 1 heterocycles. The summed E-state index contributed by atoms with van der Waals surface area (Å²) in [4.78, 5) is 0. The molecule has 1 aliphatic rings. The number of rotatable bonds is 2. The highest BCUT2D eigenvalue weighted by Crippen LogP contribution is 2.19. The van der Waals surface area contributed by atoms with Crippen molar-refractivity contribution in [2.75, 3.05) is 16.8 Å². The van der Waals surface area contributed by atoms with Gasteiger partial charge in [0.25, 0.3) is 0 Å². The second-order valence-electron chi connectivity index (χ2n) is 3.79. The summed E-state index contributed by atoms with van der Waals surface area (Å²) < 4.78 is 22.4. The molecule has 0 radical (unpaired) electrons. The summed E-state index contributed by atoms with van der Waals surface area (Å²) in [6.45, 7) is 0. The highest BCUT2D eigenvalue weighted by Gasteiger charge is 2.27. The number of hydrogen-bond acceptors (Lipinski definition) is 4. The van der Waals surface area contributed by atoms with Crippen LogP contribution in [0, 0.1) is 0 Å². The van der Waals surface area contributed by atoms with Gasteiger partial charge < -0.3 is 10.4 Å². The van der Waals surface area contributed by atoms with Crippen LogP contribution in [0.4, 0.5) is 5.69 Å². The lowest BCUT2D eigenvalue weighted by Crippen LogP contribution is -2.20. The quantitative estimate of drug-likeness (QED) is 0.739. The zero-order valence-electron chi connectivity index (χ0n) is 8.18. The number of nitrogens with one attached hydrogen (secondary N) is 1. The first-order valence-electron chi connectivity index (χ1n) is 4.81. The van der Waals surface area contributed by atoms with Crippen LogP contribution in [0.5, 0.6) is 5.75 Å². The van der Waals surface area contributed by atoms with Crippen molar-refractivity contribution >= 4 is 15.5 Å². The average Bonchev–Trinajstić information content (AvgIpc) is 2.50. The molecule has 2 rings (SSSR count). The summed E-state index contributed by atoms with van der Waals surface area (Å²) >= 11 is 0. The van der Waals surface area contributed by atoms with E-state index < -0.39 is 9.84 Å². The topological polar surface area (TPSA) is 66.4 Å². The molecular formula is C10H13NO3S. The van der Waals surface area contributed by atoms with Crippen molar-refractivity contribution in [3.8, 4) is 5.75 Å². The lowest BCUT2D eigenvalue weighted by Gasteiger charge is -2.11. The van der Waals surface area contributed by atoms with Crippen LogP contribution in [0.1, 0.15) is 6.42 Å². The second-order valence-corrected chi connectivity index (χ2v) is 6.02. The molecule has 1 fully saturated rings. The summed E-state index contributed by atoms with van der Waals surface area (Å²) in [6.07, 6.45) is 0.656. The van der Waals surface area contributed by atoms with E-state index in [1.54, 1.807) is 24.3 Å². The standard InChI is InChI=1S/C10H13NO3S/c12-10-3-1-8(2-4-10)11-9-5-6-15(13,14)7-9/h1-4,9,11-12H,5-7H2. The van der Waals surface area contributed by atoms with E-state index in [0.717, 1.165) is 5.69 Å². The van der Waals surface area contributed by atoms with Crippen LogP contribution < -0.4 is 5.32 Å². The van der Waals surface area contributed by atoms with Gasteiger partial charge in [-0.25, -0.2) is 8.42 Å². The Hall–Kier alpha value is -1.23. The minimum absolute atomic E-state index is 0.000423. The minimum atomic E-state index is -2.84. The van der Waals surface area contributed by atoms with Crippen molar-refractivity contribution in [1.29, 1.82) is 0 Å². The van der Waals surface area contributed by atoms with E-state index in [4.69, 9.17) is 5.11 Å². The Morgan fingerprint density at radius 2 is 1.93 bits per heavy atom. The lowest BCUT2D eigenvalue weighted by atomic mass is 10.2. The maximum atomic E-state index is 11.2. The third kappa shape index (κ3) is 2.62. The summed E-state index contributed by atoms with van der Waals surface area (Å²) in [5, 5.41) is 12.2. The van der Waals surface area contributed by atoms with E-state index in [9.17, 15) is 8.42 Å². The number of anilines is 1. The van der Waals surface area contributed by atoms with E-state index in [1.807, 2.05) is 0 Å². The van der Waals surface area contributed by atoms with Crippen molar-refractivity contribution in [1.82, 2.24) is 0 Å². The molecule has 15 heavy (non-hydrogen) atoms. The highest BCUT2D eigenvalue weighted by atomic mass is 32.2. The zero-order valence-corrected chi connectivity index (χ0v) is 9.00. The van der Waals surface area contributed by atoms with Crippen LogP contribution in [0.15, 0.2) is 24.3 Å². The monoisotopic (exact) mass is 227 g/mol. The van der Waals surface area contributed by atoms with E-state index in [0.29, 0.717) is 6.42 Å². The van der Waals surface area contributed by atoms with E-state index in [1.165, 1.54) is 0 Å². The Kier molecular flexibility index (Phi) is 2.56. The van der Waals surface area contributed by atoms with E-state index in [2.05, 4.69) is 5.32 Å². The van der Waals surface area contributed by atoms with E-state index in [-0.39, 0.29) is 23.3 Å². The van der Waals surface area contributed by atoms with Gasteiger partial charge in [-0.15, -0.1) is 0 Å². The van der Waals surface area contributed by atoms with Crippen molar-refractivity contribution in [2.24, 2.45) is 0 Å². The second kappa shape index (κ2) is 3.73. The summed E-state index contributed by atoms with van der Waals surface area (Å²) in [6, 6.07) is 6.62. The number of phenols is 1. The Labute approximate surface area is 88.9 Å². The SMILES string of the molecule is O=S1(=O)CCC(Nc2ccc(O)cc2)C1. The van der Waals surface area contributed by atoms with Gasteiger partial charge in [-0.05, 0) is 30.7 Å². The predicted molar refractivity (Wildman–Crippen MR) is 58.8 cm³/mol. The first-order valence-corrected chi connectivity index (χ1v) is 6.63. The smallest absolute Gasteiger partial charge is 0.152 e. The summed E-state index contributed by atoms with van der Waals surface area (Å²) in [5.41, 5.74) is 0.843. The fraction of sp³-hybridized carbons (Fsp3) is 0.400. The highest BCUT2D eigenvalue weighted by molar-refractivity contribution is 7.91. The Bertz CT molecular complexity index is 438. The number of benzene rings is 1. The van der Waals surface area contributed by atoms with Gasteiger partial charge in [0.15, 0.2) is 9.84 Å². The van der Waals surface area contributed by atoms with Gasteiger partial charge in [0, 0.05) is 11.7 Å². The fourth-order valence-electron chi connectivity index (χ4n) is 1.70. The summed E-state index contributed by atoms with van der Waals surface area (Å²) in [7, 11) is -2.84. The Balaban J connectivity index is 2.02. The maximum Gasteiger partial charge on any atom is 0.152 e.